The zero-order valence-electron chi connectivity index (χ0n) is 16.7. The second-order valence-electron chi connectivity index (χ2n) is 6.61. The summed E-state index contributed by atoms with van der Waals surface area (Å²) < 4.78 is 5.25. The Morgan fingerprint density at radius 1 is 1.07 bits per heavy atom. The number of amides is 1. The quantitative estimate of drug-likeness (QED) is 0.413. The average molecular weight is 406 g/mol. The molecule has 1 N–H and O–H groups in total. The molecule has 1 amide bonds. The van der Waals surface area contributed by atoms with Gasteiger partial charge >= 0.3 is 5.97 Å². The minimum atomic E-state index is -0.440. The first-order valence-corrected chi connectivity index (χ1v) is 10.3. The van der Waals surface area contributed by atoms with E-state index >= 15 is 0 Å². The molecule has 0 aliphatic heterocycles. The van der Waals surface area contributed by atoms with Gasteiger partial charge in [-0.3, -0.25) is 4.79 Å². The Hall–Kier alpha value is -3.18. The molecule has 0 aliphatic carbocycles. The monoisotopic (exact) mass is 405 g/mol. The molecule has 0 saturated carbocycles. The summed E-state index contributed by atoms with van der Waals surface area (Å²) in [5.41, 5.74) is 5.32. The van der Waals surface area contributed by atoms with Crippen LogP contribution in [0.1, 0.15) is 34.0 Å². The van der Waals surface area contributed by atoms with Gasteiger partial charge in [-0.25, -0.2) is 4.79 Å². The maximum absolute atomic E-state index is 12.6. The number of benzene rings is 2. The summed E-state index contributed by atoms with van der Waals surface area (Å²) in [5, 5.41) is 5.20. The molecule has 148 valence electrons. The van der Waals surface area contributed by atoms with Crippen LogP contribution < -0.4 is 5.32 Å². The van der Waals surface area contributed by atoms with Crippen LogP contribution in [0.15, 0.2) is 60.0 Å². The van der Waals surface area contributed by atoms with Crippen LogP contribution in [0.3, 0.4) is 0 Å². The number of carbonyl (C=O) groups excluding carboxylic acids is 2. The molecule has 1 aromatic heterocycles. The van der Waals surface area contributed by atoms with Gasteiger partial charge in [-0.15, -0.1) is 11.3 Å². The topological polar surface area (TPSA) is 55.4 Å². The molecule has 5 heteroatoms. The normalized spacial score (nSPS) is 10.9. The predicted molar refractivity (Wildman–Crippen MR) is 119 cm³/mol. The Bertz CT molecular complexity index is 1050. The first-order valence-electron chi connectivity index (χ1n) is 9.40. The van der Waals surface area contributed by atoms with Gasteiger partial charge in [0.15, 0.2) is 0 Å². The van der Waals surface area contributed by atoms with Crippen molar-refractivity contribution in [1.29, 1.82) is 0 Å². The summed E-state index contributed by atoms with van der Waals surface area (Å²) in [5.74, 6) is -0.739. The van der Waals surface area contributed by atoms with Crippen molar-refractivity contribution in [1.82, 2.24) is 0 Å². The Labute approximate surface area is 174 Å². The summed E-state index contributed by atoms with van der Waals surface area (Å²) >= 11 is 1.32. The van der Waals surface area contributed by atoms with Gasteiger partial charge in [0, 0.05) is 17.0 Å². The van der Waals surface area contributed by atoms with Crippen LogP contribution >= 0.6 is 11.3 Å². The van der Waals surface area contributed by atoms with Gasteiger partial charge < -0.3 is 10.1 Å². The van der Waals surface area contributed by atoms with Crippen LogP contribution in [0.2, 0.25) is 0 Å². The van der Waals surface area contributed by atoms with E-state index in [-0.39, 0.29) is 12.5 Å². The first-order chi connectivity index (χ1) is 14.0. The van der Waals surface area contributed by atoms with E-state index in [0.717, 1.165) is 22.3 Å². The van der Waals surface area contributed by atoms with Gasteiger partial charge in [-0.1, -0.05) is 48.5 Å². The van der Waals surface area contributed by atoms with Crippen molar-refractivity contribution in [2.24, 2.45) is 0 Å². The molecular weight excluding hydrogens is 382 g/mol. The molecule has 3 aromatic rings. The van der Waals surface area contributed by atoms with Crippen LogP contribution in [0.4, 0.5) is 5.00 Å². The largest absolute Gasteiger partial charge is 0.462 e. The number of esters is 1. The molecule has 3 rings (SSSR count). The second-order valence-corrected chi connectivity index (χ2v) is 7.49. The molecule has 0 aliphatic rings. The fourth-order valence-electron chi connectivity index (χ4n) is 2.87. The van der Waals surface area contributed by atoms with E-state index in [1.54, 1.807) is 13.0 Å². The number of thiophene rings is 1. The summed E-state index contributed by atoms with van der Waals surface area (Å²) in [4.78, 5) is 25.1. The molecule has 0 radical (unpaired) electrons. The lowest BCUT2D eigenvalue weighted by molar-refractivity contribution is -0.111. The molecule has 0 bridgehead atoms. The van der Waals surface area contributed by atoms with Crippen LogP contribution in [-0.2, 0) is 9.53 Å². The number of aryl methyl sites for hydroxylation is 2. The predicted octanol–water partition coefficient (Wildman–Crippen LogP) is 5.86. The number of nitrogens with one attached hydrogen (secondary N) is 1. The van der Waals surface area contributed by atoms with Crippen molar-refractivity contribution in [3.05, 3.63) is 82.2 Å². The van der Waals surface area contributed by atoms with Crippen molar-refractivity contribution in [3.63, 3.8) is 0 Å². The fraction of sp³-hybridized carbons (Fsp3) is 0.167. The highest BCUT2D eigenvalue weighted by Crippen LogP contribution is 2.37. The summed E-state index contributed by atoms with van der Waals surface area (Å²) in [6.07, 6.45) is 3.19. The van der Waals surface area contributed by atoms with E-state index in [1.807, 2.05) is 67.8 Å². The Kier molecular flexibility index (Phi) is 6.62. The van der Waals surface area contributed by atoms with E-state index in [4.69, 9.17) is 4.74 Å². The van der Waals surface area contributed by atoms with E-state index in [0.29, 0.717) is 10.6 Å². The number of anilines is 1. The maximum atomic E-state index is 12.6. The lowest BCUT2D eigenvalue weighted by atomic mass is 9.99. The molecule has 0 saturated heterocycles. The number of carbonyl (C=O) groups is 2. The van der Waals surface area contributed by atoms with Gasteiger partial charge in [0.25, 0.3) is 0 Å². The van der Waals surface area contributed by atoms with Crippen molar-refractivity contribution >= 4 is 34.3 Å². The Morgan fingerprint density at radius 3 is 2.52 bits per heavy atom. The minimum absolute atomic E-state index is 0.266. The molecule has 2 aromatic carbocycles. The number of ether oxygens (including phenoxy) is 1. The summed E-state index contributed by atoms with van der Waals surface area (Å²) in [6.45, 7) is 6.11. The van der Waals surface area contributed by atoms with Gasteiger partial charge in [0.2, 0.25) is 5.91 Å². The van der Waals surface area contributed by atoms with Crippen LogP contribution in [0, 0.1) is 13.8 Å². The maximum Gasteiger partial charge on any atom is 0.341 e. The molecule has 0 unspecified atom stereocenters. The molecule has 0 fully saturated rings. The van der Waals surface area contributed by atoms with Crippen molar-refractivity contribution in [2.45, 2.75) is 20.8 Å². The van der Waals surface area contributed by atoms with E-state index in [2.05, 4.69) is 5.32 Å². The first kappa shape index (κ1) is 20.6. The highest BCUT2D eigenvalue weighted by Gasteiger charge is 2.22. The zero-order chi connectivity index (χ0) is 20.8. The standard InChI is InChI=1S/C24H23NO3S/c1-4-28-24(27)22-20(19-12-10-16(2)17(3)14-19)15-29-23(22)25-21(26)13-11-18-8-6-5-7-9-18/h5-15H,4H2,1-3H3,(H,25,26)/b13-11+. The van der Waals surface area contributed by atoms with Crippen molar-refractivity contribution < 1.29 is 14.3 Å². The van der Waals surface area contributed by atoms with Gasteiger partial charge in [-0.2, -0.15) is 0 Å². The molecule has 1 heterocycles. The van der Waals surface area contributed by atoms with Gasteiger partial charge in [0.1, 0.15) is 10.6 Å². The van der Waals surface area contributed by atoms with Gasteiger partial charge in [0.05, 0.1) is 6.61 Å². The summed E-state index contributed by atoms with van der Waals surface area (Å²) in [6, 6.07) is 15.6. The van der Waals surface area contributed by atoms with E-state index < -0.39 is 5.97 Å². The van der Waals surface area contributed by atoms with E-state index in [9.17, 15) is 9.59 Å². The van der Waals surface area contributed by atoms with Crippen molar-refractivity contribution in [3.8, 4) is 11.1 Å². The fourth-order valence-corrected chi connectivity index (χ4v) is 3.83. The Balaban J connectivity index is 1.91. The zero-order valence-corrected chi connectivity index (χ0v) is 17.5. The molecule has 0 spiro atoms. The number of hydrogen-bond donors (Lipinski definition) is 1. The third-order valence-corrected chi connectivity index (χ3v) is 5.45. The SMILES string of the molecule is CCOC(=O)c1c(-c2ccc(C)c(C)c2)csc1NC(=O)/C=C/c1ccccc1. The smallest absolute Gasteiger partial charge is 0.341 e. The van der Waals surface area contributed by atoms with Gasteiger partial charge in [-0.05, 0) is 49.1 Å². The highest BCUT2D eigenvalue weighted by molar-refractivity contribution is 7.15. The summed E-state index contributed by atoms with van der Waals surface area (Å²) in [7, 11) is 0. The third kappa shape index (κ3) is 5.00. The second kappa shape index (κ2) is 9.34. The lowest BCUT2D eigenvalue weighted by Gasteiger charge is -2.09. The van der Waals surface area contributed by atoms with E-state index in [1.165, 1.54) is 23.0 Å². The molecule has 0 atom stereocenters. The highest BCUT2D eigenvalue weighted by atomic mass is 32.1. The lowest BCUT2D eigenvalue weighted by Crippen LogP contribution is -2.12. The van der Waals surface area contributed by atoms with Crippen molar-refractivity contribution in [2.75, 3.05) is 11.9 Å². The van der Waals surface area contributed by atoms with Crippen LogP contribution in [0.25, 0.3) is 17.2 Å². The minimum Gasteiger partial charge on any atom is -0.462 e. The molecule has 29 heavy (non-hydrogen) atoms. The Morgan fingerprint density at radius 2 is 1.83 bits per heavy atom. The average Bonchev–Trinajstić information content (AvgIpc) is 3.13. The van der Waals surface area contributed by atoms with Crippen LogP contribution in [-0.4, -0.2) is 18.5 Å². The molecular formula is C24H23NO3S. The molecule has 4 nitrogen and oxygen atoms in total. The number of rotatable bonds is 6. The third-order valence-electron chi connectivity index (χ3n) is 4.55. The van der Waals surface area contributed by atoms with Crippen LogP contribution in [0.5, 0.6) is 0 Å². The number of hydrogen-bond acceptors (Lipinski definition) is 4.